The van der Waals surface area contributed by atoms with Crippen LogP contribution in [0, 0.1) is 0 Å². The minimum atomic E-state index is -3.69. The summed E-state index contributed by atoms with van der Waals surface area (Å²) in [6.07, 6.45) is 7.23. The lowest BCUT2D eigenvalue weighted by atomic mass is 9.95. The second kappa shape index (κ2) is 6.80. The van der Waals surface area contributed by atoms with E-state index in [1.165, 1.54) is 16.7 Å². The molecule has 0 saturated heterocycles. The molecule has 1 fully saturated rings. The maximum absolute atomic E-state index is 12.6. The van der Waals surface area contributed by atoms with Crippen LogP contribution >= 0.6 is 11.6 Å². The number of aliphatic hydroxyl groups excluding tert-OH is 1. The van der Waals surface area contributed by atoms with Crippen molar-refractivity contribution in [2.75, 3.05) is 13.2 Å². The summed E-state index contributed by atoms with van der Waals surface area (Å²) in [6.45, 7) is -0.111. The third kappa shape index (κ3) is 3.46. The summed E-state index contributed by atoms with van der Waals surface area (Å²) in [6, 6.07) is -0.0587. The van der Waals surface area contributed by atoms with Gasteiger partial charge in [-0.2, -0.15) is 4.31 Å². The van der Waals surface area contributed by atoms with E-state index in [9.17, 15) is 8.42 Å². The van der Waals surface area contributed by atoms with E-state index in [-0.39, 0.29) is 29.4 Å². The van der Waals surface area contributed by atoms with Gasteiger partial charge < -0.3 is 5.11 Å². The third-order valence-corrected chi connectivity index (χ3v) is 5.61. The van der Waals surface area contributed by atoms with Crippen LogP contribution in [0.4, 0.5) is 0 Å². The molecule has 0 amide bonds. The molecule has 0 atom stereocenters. The van der Waals surface area contributed by atoms with E-state index in [0.717, 1.165) is 32.1 Å². The number of sulfonamides is 1. The predicted molar refractivity (Wildman–Crippen MR) is 74.9 cm³/mol. The molecule has 6 nitrogen and oxygen atoms in total. The Morgan fingerprint density at radius 3 is 2.40 bits per heavy atom. The molecule has 20 heavy (non-hydrogen) atoms. The maximum Gasteiger partial charge on any atom is 0.246 e. The molecule has 0 unspecified atom stereocenters. The minimum absolute atomic E-state index is 0.00956. The van der Waals surface area contributed by atoms with Crippen molar-refractivity contribution in [3.8, 4) is 0 Å². The van der Waals surface area contributed by atoms with Gasteiger partial charge in [0.05, 0.1) is 19.0 Å². The molecule has 0 radical (unpaired) electrons. The van der Waals surface area contributed by atoms with Crippen molar-refractivity contribution in [2.24, 2.45) is 0 Å². The number of nitrogens with zero attached hydrogens (tertiary/aromatic N) is 3. The number of hydrogen-bond donors (Lipinski definition) is 1. The van der Waals surface area contributed by atoms with Crippen LogP contribution in [0.5, 0.6) is 0 Å². The van der Waals surface area contributed by atoms with Crippen LogP contribution in [-0.2, 0) is 10.0 Å². The molecule has 2 rings (SSSR count). The highest BCUT2D eigenvalue weighted by atomic mass is 35.5. The average Bonchev–Trinajstić information content (AvgIpc) is 2.46. The number of aliphatic hydroxyl groups is 1. The first kappa shape index (κ1) is 15.6. The van der Waals surface area contributed by atoms with Crippen LogP contribution in [-0.4, -0.2) is 47.0 Å². The molecule has 8 heteroatoms. The zero-order valence-corrected chi connectivity index (χ0v) is 12.6. The van der Waals surface area contributed by atoms with Gasteiger partial charge in [0.25, 0.3) is 0 Å². The lowest BCUT2D eigenvalue weighted by Gasteiger charge is -2.32. The van der Waals surface area contributed by atoms with Crippen LogP contribution in [0.3, 0.4) is 0 Å². The predicted octanol–water partition coefficient (Wildman–Crippen LogP) is 1.45. The Hall–Kier alpha value is -0.760. The first-order chi connectivity index (χ1) is 9.55. The van der Waals surface area contributed by atoms with Crippen molar-refractivity contribution in [3.05, 3.63) is 17.7 Å². The molecule has 1 aliphatic rings. The van der Waals surface area contributed by atoms with Crippen LogP contribution in [0.15, 0.2) is 17.3 Å². The standard InChI is InChI=1S/C12H18ClN3O3S/c13-12-14-8-11(9-15-12)20(18,19)16(6-7-17)10-4-2-1-3-5-10/h8-10,17H,1-7H2. The summed E-state index contributed by atoms with van der Waals surface area (Å²) >= 11 is 5.58. The first-order valence-corrected chi connectivity index (χ1v) is 8.48. The van der Waals surface area contributed by atoms with E-state index in [4.69, 9.17) is 16.7 Å². The zero-order valence-electron chi connectivity index (χ0n) is 11.1. The molecule has 1 aromatic rings. The summed E-state index contributed by atoms with van der Waals surface area (Å²) in [4.78, 5) is 7.45. The normalized spacial score (nSPS) is 17.6. The molecule has 1 N–H and O–H groups in total. The molecule has 112 valence electrons. The number of aromatic nitrogens is 2. The molecule has 1 aliphatic carbocycles. The van der Waals surface area contributed by atoms with Crippen molar-refractivity contribution in [2.45, 2.75) is 43.0 Å². The Bertz CT molecular complexity index is 529. The van der Waals surface area contributed by atoms with Gasteiger partial charge in [0.15, 0.2) is 0 Å². The molecule has 0 bridgehead atoms. The Morgan fingerprint density at radius 2 is 1.85 bits per heavy atom. The van der Waals surface area contributed by atoms with Crippen molar-refractivity contribution in [1.29, 1.82) is 0 Å². The third-order valence-electron chi connectivity index (χ3n) is 3.51. The fourth-order valence-electron chi connectivity index (χ4n) is 2.54. The molecule has 0 aromatic carbocycles. The van der Waals surface area contributed by atoms with Crippen molar-refractivity contribution >= 4 is 21.6 Å². The minimum Gasteiger partial charge on any atom is -0.395 e. The van der Waals surface area contributed by atoms with Crippen LogP contribution in [0.25, 0.3) is 0 Å². The second-order valence-electron chi connectivity index (χ2n) is 4.82. The van der Waals surface area contributed by atoms with E-state index in [0.29, 0.717) is 0 Å². The van der Waals surface area contributed by atoms with Gasteiger partial charge in [0, 0.05) is 12.6 Å². The maximum atomic E-state index is 12.6. The summed E-state index contributed by atoms with van der Waals surface area (Å²) in [5, 5.41) is 9.17. The van der Waals surface area contributed by atoms with Gasteiger partial charge in [0.2, 0.25) is 15.3 Å². The van der Waals surface area contributed by atoms with Gasteiger partial charge in [-0.15, -0.1) is 0 Å². The van der Waals surface area contributed by atoms with E-state index in [2.05, 4.69) is 9.97 Å². The Kier molecular flexibility index (Phi) is 5.31. The van der Waals surface area contributed by atoms with E-state index < -0.39 is 10.0 Å². The summed E-state index contributed by atoms with van der Waals surface area (Å²) in [5.41, 5.74) is 0. The monoisotopic (exact) mass is 319 g/mol. The molecular formula is C12H18ClN3O3S. The highest BCUT2D eigenvalue weighted by Gasteiger charge is 2.32. The van der Waals surface area contributed by atoms with Gasteiger partial charge in [-0.1, -0.05) is 19.3 Å². The lowest BCUT2D eigenvalue weighted by molar-refractivity contribution is 0.199. The Labute approximate surface area is 123 Å². The topological polar surface area (TPSA) is 83.4 Å². The molecule has 0 spiro atoms. The van der Waals surface area contributed by atoms with E-state index in [1.807, 2.05) is 0 Å². The van der Waals surface area contributed by atoms with Crippen molar-refractivity contribution in [3.63, 3.8) is 0 Å². The largest absolute Gasteiger partial charge is 0.395 e. The van der Waals surface area contributed by atoms with Gasteiger partial charge in [-0.05, 0) is 24.4 Å². The molecular weight excluding hydrogens is 302 g/mol. The second-order valence-corrected chi connectivity index (χ2v) is 7.05. The zero-order chi connectivity index (χ0) is 14.6. The van der Waals surface area contributed by atoms with Gasteiger partial charge in [-0.25, -0.2) is 18.4 Å². The highest BCUT2D eigenvalue weighted by Crippen LogP contribution is 2.27. The molecule has 0 aliphatic heterocycles. The summed E-state index contributed by atoms with van der Waals surface area (Å²) in [5.74, 6) is 0. The first-order valence-electron chi connectivity index (χ1n) is 6.66. The number of rotatable bonds is 5. The molecule has 1 aromatic heterocycles. The SMILES string of the molecule is O=S(=O)(c1cnc(Cl)nc1)N(CCO)C1CCCCC1. The Morgan fingerprint density at radius 1 is 1.25 bits per heavy atom. The van der Waals surface area contributed by atoms with E-state index in [1.54, 1.807) is 0 Å². The van der Waals surface area contributed by atoms with Crippen LogP contribution < -0.4 is 0 Å². The van der Waals surface area contributed by atoms with Gasteiger partial charge >= 0.3 is 0 Å². The number of halogens is 1. The summed E-state index contributed by atoms with van der Waals surface area (Å²) in [7, 11) is -3.69. The van der Waals surface area contributed by atoms with Crippen LogP contribution in [0.2, 0.25) is 5.28 Å². The average molecular weight is 320 g/mol. The number of hydrogen-bond acceptors (Lipinski definition) is 5. The van der Waals surface area contributed by atoms with E-state index >= 15 is 0 Å². The fraction of sp³-hybridized carbons (Fsp3) is 0.667. The Balaban J connectivity index is 2.28. The smallest absolute Gasteiger partial charge is 0.246 e. The fourth-order valence-corrected chi connectivity index (χ4v) is 4.20. The van der Waals surface area contributed by atoms with Gasteiger partial charge in [-0.3, -0.25) is 0 Å². The molecule has 1 heterocycles. The molecule has 1 saturated carbocycles. The van der Waals surface area contributed by atoms with Crippen molar-refractivity contribution < 1.29 is 13.5 Å². The van der Waals surface area contributed by atoms with Crippen molar-refractivity contribution in [1.82, 2.24) is 14.3 Å². The summed E-state index contributed by atoms with van der Waals surface area (Å²) < 4.78 is 26.6. The quantitative estimate of drug-likeness (QED) is 0.830. The lowest BCUT2D eigenvalue weighted by Crippen LogP contribution is -2.43. The van der Waals surface area contributed by atoms with Gasteiger partial charge in [0.1, 0.15) is 4.90 Å². The highest BCUT2D eigenvalue weighted by molar-refractivity contribution is 7.89. The van der Waals surface area contributed by atoms with Crippen LogP contribution in [0.1, 0.15) is 32.1 Å².